The van der Waals surface area contributed by atoms with Crippen molar-refractivity contribution >= 4 is 39.6 Å². The third kappa shape index (κ3) is 5.79. The standard InChI is InChI=1S/C28H26F6N4OS/c1-2-15-14-38-8-6-16(15)9-24(38)25(39)21-5-7-35-23-4-3-19(13-22(21)23)36-26(40)37-20-11-17(27(29,30)31)10-18(12-20)28(32,33)34/h2-5,7,10-13,15-16,24-25,39H,1,6,8-9,14H2,(H2,36,37,40). The lowest BCUT2D eigenvalue weighted by Crippen LogP contribution is -2.54. The van der Waals surface area contributed by atoms with Crippen molar-refractivity contribution in [2.45, 2.75) is 37.3 Å². The molecule has 12 heteroatoms. The predicted octanol–water partition coefficient (Wildman–Crippen LogP) is 7.01. The number of halogens is 6. The topological polar surface area (TPSA) is 60.4 Å². The summed E-state index contributed by atoms with van der Waals surface area (Å²) in [5, 5.41) is 17.1. The van der Waals surface area contributed by atoms with Gasteiger partial charge in [-0.15, -0.1) is 6.58 Å². The molecule has 0 spiro atoms. The summed E-state index contributed by atoms with van der Waals surface area (Å²) >= 11 is 5.20. The van der Waals surface area contributed by atoms with Crippen LogP contribution in [-0.2, 0) is 12.4 Å². The zero-order chi connectivity index (χ0) is 28.8. The lowest BCUT2D eigenvalue weighted by molar-refractivity contribution is -0.143. The van der Waals surface area contributed by atoms with E-state index in [2.05, 4.69) is 27.1 Å². The van der Waals surface area contributed by atoms with E-state index < -0.39 is 35.3 Å². The maximum absolute atomic E-state index is 13.2. The molecule has 0 radical (unpaired) electrons. The minimum absolute atomic E-state index is 0.0527. The molecule has 4 heterocycles. The van der Waals surface area contributed by atoms with Crippen molar-refractivity contribution < 1.29 is 31.4 Å². The van der Waals surface area contributed by atoms with Gasteiger partial charge >= 0.3 is 12.4 Å². The van der Waals surface area contributed by atoms with Crippen LogP contribution in [0.1, 0.15) is 35.6 Å². The van der Waals surface area contributed by atoms with E-state index in [1.807, 2.05) is 6.08 Å². The summed E-state index contributed by atoms with van der Waals surface area (Å²) in [6.07, 6.45) is -5.23. The number of benzene rings is 2. The first kappa shape index (κ1) is 28.3. The summed E-state index contributed by atoms with van der Waals surface area (Å²) in [5.74, 6) is 0.865. The number of nitrogens with one attached hydrogen (secondary N) is 2. The zero-order valence-corrected chi connectivity index (χ0v) is 21.9. The number of fused-ring (bicyclic) bond motifs is 4. The Morgan fingerprint density at radius 2 is 1.70 bits per heavy atom. The first-order chi connectivity index (χ1) is 18.8. The molecule has 3 aliphatic rings. The van der Waals surface area contributed by atoms with Crippen molar-refractivity contribution in [3.05, 3.63) is 78.0 Å². The number of piperidine rings is 3. The zero-order valence-electron chi connectivity index (χ0n) is 21.1. The Morgan fingerprint density at radius 3 is 2.30 bits per heavy atom. The molecular weight excluding hydrogens is 554 g/mol. The van der Waals surface area contributed by atoms with Crippen molar-refractivity contribution in [2.75, 3.05) is 23.7 Å². The number of anilines is 2. The Bertz CT molecular complexity index is 1410. The summed E-state index contributed by atoms with van der Waals surface area (Å²) in [6.45, 7) is 5.69. The Hall–Kier alpha value is -3.22. The first-order valence-electron chi connectivity index (χ1n) is 12.6. The molecule has 3 N–H and O–H groups in total. The Kier molecular flexibility index (Phi) is 7.53. The average molecular weight is 581 g/mol. The number of aliphatic hydroxyl groups is 1. The Labute approximate surface area is 231 Å². The van der Waals surface area contributed by atoms with Crippen molar-refractivity contribution in [1.82, 2.24) is 9.88 Å². The lowest BCUT2D eigenvalue weighted by Gasteiger charge is -2.50. The van der Waals surface area contributed by atoms with Gasteiger partial charge in [0.25, 0.3) is 0 Å². The summed E-state index contributed by atoms with van der Waals surface area (Å²) < 4.78 is 79.3. The second kappa shape index (κ2) is 10.6. The summed E-state index contributed by atoms with van der Waals surface area (Å²) in [7, 11) is 0. The van der Waals surface area contributed by atoms with Crippen molar-refractivity contribution in [2.24, 2.45) is 11.8 Å². The first-order valence-corrected chi connectivity index (χ1v) is 13.0. The molecule has 0 aliphatic carbocycles. The van der Waals surface area contributed by atoms with E-state index in [9.17, 15) is 31.4 Å². The highest BCUT2D eigenvalue weighted by molar-refractivity contribution is 7.80. The normalized spacial score (nSPS) is 23.6. The number of hydrogen-bond acceptors (Lipinski definition) is 4. The van der Waals surface area contributed by atoms with Gasteiger partial charge in [0.1, 0.15) is 0 Å². The van der Waals surface area contributed by atoms with Crippen LogP contribution < -0.4 is 10.6 Å². The van der Waals surface area contributed by atoms with Gasteiger partial charge in [0.15, 0.2) is 5.11 Å². The van der Waals surface area contributed by atoms with E-state index in [-0.39, 0.29) is 17.2 Å². The van der Waals surface area contributed by atoms with Gasteiger partial charge in [0.2, 0.25) is 0 Å². The fourth-order valence-electron chi connectivity index (χ4n) is 5.74. The van der Waals surface area contributed by atoms with Gasteiger partial charge < -0.3 is 15.7 Å². The van der Waals surface area contributed by atoms with Crippen LogP contribution in [0, 0.1) is 11.8 Å². The molecule has 5 nitrogen and oxygen atoms in total. The highest BCUT2D eigenvalue weighted by atomic mass is 32.1. The molecule has 0 saturated carbocycles. The summed E-state index contributed by atoms with van der Waals surface area (Å²) in [6, 6.07) is 7.89. The number of hydrogen-bond donors (Lipinski definition) is 3. The molecular formula is C28H26F6N4OS. The third-order valence-corrected chi connectivity index (χ3v) is 7.92. The fourth-order valence-corrected chi connectivity index (χ4v) is 5.97. The maximum Gasteiger partial charge on any atom is 0.416 e. The molecule has 3 aliphatic heterocycles. The second-order valence-corrected chi connectivity index (χ2v) is 10.6. The number of aliphatic hydroxyl groups excluding tert-OH is 1. The molecule has 212 valence electrons. The van der Waals surface area contributed by atoms with Crippen LogP contribution >= 0.6 is 12.2 Å². The van der Waals surface area contributed by atoms with Gasteiger partial charge in [-0.25, -0.2) is 0 Å². The molecule has 3 fully saturated rings. The van der Waals surface area contributed by atoms with Crippen LogP contribution in [0.5, 0.6) is 0 Å². The van der Waals surface area contributed by atoms with E-state index in [4.69, 9.17) is 12.2 Å². The summed E-state index contributed by atoms with van der Waals surface area (Å²) in [4.78, 5) is 6.66. The minimum atomic E-state index is -4.98. The highest BCUT2D eigenvalue weighted by Gasteiger charge is 2.42. The summed E-state index contributed by atoms with van der Waals surface area (Å²) in [5.41, 5.74) is -1.64. The van der Waals surface area contributed by atoms with Gasteiger partial charge in [0.05, 0.1) is 22.7 Å². The van der Waals surface area contributed by atoms with Crippen LogP contribution in [0.3, 0.4) is 0 Å². The second-order valence-electron chi connectivity index (χ2n) is 10.2. The molecule has 0 amide bonds. The molecule has 3 saturated heterocycles. The molecule has 5 atom stereocenters. The SMILES string of the molecule is C=CC1CN2CCC1CC2C(O)c1ccnc2ccc(NC(=S)Nc3cc(C(F)(F)F)cc(C(F)(F)F)c3)cc12. The molecule has 40 heavy (non-hydrogen) atoms. The number of aromatic nitrogens is 1. The van der Waals surface area contributed by atoms with Crippen LogP contribution in [0.25, 0.3) is 10.9 Å². The molecule has 3 aromatic rings. The largest absolute Gasteiger partial charge is 0.416 e. The molecule has 1 aromatic heterocycles. The fraction of sp³-hybridized carbons (Fsp3) is 0.357. The van der Waals surface area contributed by atoms with Crippen LogP contribution in [0.2, 0.25) is 0 Å². The molecule has 2 bridgehead atoms. The number of thiocarbonyl (C=S) groups is 1. The molecule has 5 unspecified atom stereocenters. The average Bonchev–Trinajstić information content (AvgIpc) is 2.91. The van der Waals surface area contributed by atoms with E-state index in [1.165, 1.54) is 0 Å². The van der Waals surface area contributed by atoms with Crippen molar-refractivity contribution in [1.29, 1.82) is 0 Å². The lowest BCUT2D eigenvalue weighted by atomic mass is 9.73. The van der Waals surface area contributed by atoms with E-state index in [0.29, 0.717) is 46.1 Å². The van der Waals surface area contributed by atoms with E-state index >= 15 is 0 Å². The van der Waals surface area contributed by atoms with Gasteiger partial charge in [0, 0.05) is 35.5 Å². The Morgan fingerprint density at radius 1 is 1.02 bits per heavy atom. The van der Waals surface area contributed by atoms with E-state index in [0.717, 1.165) is 25.9 Å². The predicted molar refractivity (Wildman–Crippen MR) is 145 cm³/mol. The number of nitrogens with zero attached hydrogens (tertiary/aromatic N) is 2. The van der Waals surface area contributed by atoms with Gasteiger partial charge in [-0.05, 0) is 91.5 Å². The molecule has 2 aromatic carbocycles. The number of pyridine rings is 1. The monoisotopic (exact) mass is 580 g/mol. The minimum Gasteiger partial charge on any atom is -0.387 e. The maximum atomic E-state index is 13.2. The third-order valence-electron chi connectivity index (χ3n) is 7.72. The molecule has 6 rings (SSSR count). The van der Waals surface area contributed by atoms with Crippen LogP contribution in [0.4, 0.5) is 37.7 Å². The smallest absolute Gasteiger partial charge is 0.387 e. The van der Waals surface area contributed by atoms with Crippen LogP contribution in [-0.4, -0.2) is 39.2 Å². The Balaban J connectivity index is 1.37. The van der Waals surface area contributed by atoms with Gasteiger partial charge in [-0.1, -0.05) is 6.08 Å². The number of alkyl halides is 6. The van der Waals surface area contributed by atoms with E-state index in [1.54, 1.807) is 30.5 Å². The van der Waals surface area contributed by atoms with Gasteiger partial charge in [-0.3, -0.25) is 9.88 Å². The van der Waals surface area contributed by atoms with Gasteiger partial charge in [-0.2, -0.15) is 26.3 Å². The van der Waals surface area contributed by atoms with Crippen molar-refractivity contribution in [3.8, 4) is 0 Å². The van der Waals surface area contributed by atoms with Crippen LogP contribution in [0.15, 0.2) is 61.3 Å². The highest BCUT2D eigenvalue weighted by Crippen LogP contribution is 2.42. The quantitative estimate of drug-likeness (QED) is 0.172. The number of rotatable bonds is 5. The van der Waals surface area contributed by atoms with Crippen molar-refractivity contribution in [3.63, 3.8) is 0 Å².